The molecule has 5 nitrogen and oxygen atoms in total. The van der Waals surface area contributed by atoms with Crippen LogP contribution in [0.1, 0.15) is 24.8 Å². The van der Waals surface area contributed by atoms with Crippen LogP contribution in [0.2, 0.25) is 0 Å². The Morgan fingerprint density at radius 1 is 1.42 bits per heavy atom. The molecule has 1 unspecified atom stereocenters. The SMILES string of the molecule is CC1CCN(C(=O)C(=O)NCCO)c2ccccc21. The normalized spacial score (nSPS) is 17.8. The lowest BCUT2D eigenvalue weighted by atomic mass is 9.91. The Labute approximate surface area is 112 Å². The van der Waals surface area contributed by atoms with Crippen LogP contribution in [-0.2, 0) is 9.59 Å². The molecule has 2 N–H and O–H groups in total. The Balaban J connectivity index is 2.20. The van der Waals surface area contributed by atoms with Crippen LogP contribution in [0.15, 0.2) is 24.3 Å². The van der Waals surface area contributed by atoms with E-state index >= 15 is 0 Å². The standard InChI is InChI=1S/C14H18N2O3/c1-10-6-8-16(12-5-3-2-4-11(10)12)14(19)13(18)15-7-9-17/h2-5,10,17H,6-9H2,1H3,(H,15,18). The Bertz CT molecular complexity index is 487. The number of carbonyl (C=O) groups excluding carboxylic acids is 2. The van der Waals surface area contributed by atoms with Crippen LogP contribution in [0, 0.1) is 0 Å². The largest absolute Gasteiger partial charge is 0.395 e. The van der Waals surface area contributed by atoms with Gasteiger partial charge in [0.05, 0.1) is 6.61 Å². The van der Waals surface area contributed by atoms with Crippen LogP contribution in [-0.4, -0.2) is 36.6 Å². The lowest BCUT2D eigenvalue weighted by Gasteiger charge is -2.32. The van der Waals surface area contributed by atoms with E-state index < -0.39 is 11.8 Å². The first-order valence-electron chi connectivity index (χ1n) is 6.44. The number of nitrogens with zero attached hydrogens (tertiary/aromatic N) is 1. The Kier molecular flexibility index (Phi) is 4.16. The van der Waals surface area contributed by atoms with Crippen molar-refractivity contribution in [1.82, 2.24) is 5.32 Å². The Hall–Kier alpha value is -1.88. The van der Waals surface area contributed by atoms with Crippen LogP contribution in [0.3, 0.4) is 0 Å². The maximum absolute atomic E-state index is 12.1. The van der Waals surface area contributed by atoms with E-state index in [2.05, 4.69) is 12.2 Å². The highest BCUT2D eigenvalue weighted by atomic mass is 16.3. The molecule has 1 heterocycles. The summed E-state index contributed by atoms with van der Waals surface area (Å²) in [6.07, 6.45) is 0.843. The second-order valence-electron chi connectivity index (χ2n) is 4.68. The van der Waals surface area contributed by atoms with Gasteiger partial charge in [-0.05, 0) is 24.0 Å². The molecule has 19 heavy (non-hydrogen) atoms. The number of aliphatic hydroxyl groups is 1. The summed E-state index contributed by atoms with van der Waals surface area (Å²) in [5, 5.41) is 11.1. The summed E-state index contributed by atoms with van der Waals surface area (Å²) in [6, 6.07) is 7.66. The number of hydrogen-bond donors (Lipinski definition) is 2. The number of fused-ring (bicyclic) bond motifs is 1. The quantitative estimate of drug-likeness (QED) is 0.768. The van der Waals surface area contributed by atoms with Crippen molar-refractivity contribution in [3.8, 4) is 0 Å². The highest BCUT2D eigenvalue weighted by Gasteiger charge is 2.29. The molecule has 5 heteroatoms. The molecule has 0 fully saturated rings. The average Bonchev–Trinajstić information content (AvgIpc) is 2.45. The number of anilines is 1. The summed E-state index contributed by atoms with van der Waals surface area (Å²) in [7, 11) is 0. The molecule has 0 bridgehead atoms. The van der Waals surface area contributed by atoms with E-state index in [9.17, 15) is 9.59 Å². The molecule has 0 radical (unpaired) electrons. The fraction of sp³-hybridized carbons (Fsp3) is 0.429. The minimum Gasteiger partial charge on any atom is -0.395 e. The highest BCUT2D eigenvalue weighted by Crippen LogP contribution is 2.34. The van der Waals surface area contributed by atoms with Crippen LogP contribution >= 0.6 is 0 Å². The Morgan fingerprint density at radius 3 is 2.89 bits per heavy atom. The summed E-state index contributed by atoms with van der Waals surface area (Å²) in [5.41, 5.74) is 1.91. The van der Waals surface area contributed by atoms with Gasteiger partial charge in [0.1, 0.15) is 0 Å². The van der Waals surface area contributed by atoms with Gasteiger partial charge in [0.25, 0.3) is 0 Å². The third-order valence-corrected chi connectivity index (χ3v) is 3.38. The minimum absolute atomic E-state index is 0.0937. The van der Waals surface area contributed by atoms with E-state index in [1.807, 2.05) is 24.3 Å². The predicted octanol–water partition coefficient (Wildman–Crippen LogP) is 0.635. The summed E-state index contributed by atoms with van der Waals surface area (Å²) < 4.78 is 0. The molecule has 1 atom stereocenters. The van der Waals surface area contributed by atoms with Crippen LogP contribution in [0.25, 0.3) is 0 Å². The monoisotopic (exact) mass is 262 g/mol. The predicted molar refractivity (Wildman–Crippen MR) is 71.9 cm³/mol. The molecule has 2 rings (SSSR count). The maximum atomic E-state index is 12.1. The highest BCUT2D eigenvalue weighted by molar-refractivity contribution is 6.40. The third kappa shape index (κ3) is 2.76. The number of para-hydroxylation sites is 1. The van der Waals surface area contributed by atoms with Crippen molar-refractivity contribution in [3.05, 3.63) is 29.8 Å². The van der Waals surface area contributed by atoms with Gasteiger partial charge in [0.2, 0.25) is 0 Å². The van der Waals surface area contributed by atoms with Crippen LogP contribution in [0.5, 0.6) is 0 Å². The number of hydrogen-bond acceptors (Lipinski definition) is 3. The lowest BCUT2D eigenvalue weighted by molar-refractivity contribution is -0.137. The molecular weight excluding hydrogens is 244 g/mol. The summed E-state index contributed by atoms with van der Waals surface area (Å²) in [4.78, 5) is 25.3. The number of aliphatic hydroxyl groups excluding tert-OH is 1. The van der Waals surface area contributed by atoms with Crippen LogP contribution < -0.4 is 10.2 Å². The first kappa shape index (κ1) is 13.5. The first-order chi connectivity index (χ1) is 9.15. The molecular formula is C14H18N2O3. The molecule has 1 aliphatic heterocycles. The van der Waals surface area contributed by atoms with E-state index in [1.165, 1.54) is 4.90 Å². The number of benzene rings is 1. The third-order valence-electron chi connectivity index (χ3n) is 3.38. The molecule has 0 saturated heterocycles. The van der Waals surface area contributed by atoms with Gasteiger partial charge >= 0.3 is 11.8 Å². The first-order valence-corrected chi connectivity index (χ1v) is 6.44. The van der Waals surface area contributed by atoms with E-state index in [1.54, 1.807) is 0 Å². The van der Waals surface area contributed by atoms with Crippen molar-refractivity contribution in [3.63, 3.8) is 0 Å². The summed E-state index contributed by atoms with van der Waals surface area (Å²) >= 11 is 0. The van der Waals surface area contributed by atoms with Gasteiger partial charge in [0, 0.05) is 18.8 Å². The topological polar surface area (TPSA) is 69.6 Å². The van der Waals surface area contributed by atoms with Gasteiger partial charge in [0.15, 0.2) is 0 Å². The smallest absolute Gasteiger partial charge is 0.316 e. The van der Waals surface area contributed by atoms with Crippen molar-refractivity contribution in [2.24, 2.45) is 0 Å². The van der Waals surface area contributed by atoms with Crippen molar-refractivity contribution in [2.75, 3.05) is 24.6 Å². The summed E-state index contributed by atoms with van der Waals surface area (Å²) in [6.45, 7) is 2.58. The van der Waals surface area contributed by atoms with E-state index in [0.29, 0.717) is 12.5 Å². The van der Waals surface area contributed by atoms with E-state index in [0.717, 1.165) is 17.7 Å². The second kappa shape index (κ2) is 5.84. The zero-order chi connectivity index (χ0) is 13.8. The number of nitrogens with one attached hydrogen (secondary N) is 1. The average molecular weight is 262 g/mol. The molecule has 1 aromatic rings. The number of amides is 2. The summed E-state index contributed by atoms with van der Waals surface area (Å²) in [5.74, 6) is -0.841. The van der Waals surface area contributed by atoms with Gasteiger partial charge in [-0.2, -0.15) is 0 Å². The van der Waals surface area contributed by atoms with Gasteiger partial charge in [-0.15, -0.1) is 0 Å². The van der Waals surface area contributed by atoms with Crippen molar-refractivity contribution >= 4 is 17.5 Å². The number of rotatable bonds is 2. The molecule has 2 amide bonds. The fourth-order valence-corrected chi connectivity index (χ4v) is 2.33. The van der Waals surface area contributed by atoms with Crippen molar-refractivity contribution < 1.29 is 14.7 Å². The molecule has 0 spiro atoms. The molecule has 1 aliphatic rings. The van der Waals surface area contributed by atoms with Crippen molar-refractivity contribution in [2.45, 2.75) is 19.3 Å². The molecule has 0 aromatic heterocycles. The van der Waals surface area contributed by atoms with Gasteiger partial charge < -0.3 is 15.3 Å². The lowest BCUT2D eigenvalue weighted by Crippen LogP contribution is -2.46. The van der Waals surface area contributed by atoms with Crippen LogP contribution in [0.4, 0.5) is 5.69 Å². The fourth-order valence-electron chi connectivity index (χ4n) is 2.33. The Morgan fingerprint density at radius 2 is 2.16 bits per heavy atom. The van der Waals surface area contributed by atoms with E-state index in [-0.39, 0.29) is 13.2 Å². The maximum Gasteiger partial charge on any atom is 0.316 e. The van der Waals surface area contributed by atoms with Gasteiger partial charge in [-0.1, -0.05) is 25.1 Å². The second-order valence-corrected chi connectivity index (χ2v) is 4.68. The van der Waals surface area contributed by atoms with Gasteiger partial charge in [-0.25, -0.2) is 0 Å². The zero-order valence-electron chi connectivity index (χ0n) is 10.9. The zero-order valence-corrected chi connectivity index (χ0v) is 10.9. The minimum atomic E-state index is -0.668. The van der Waals surface area contributed by atoms with Crippen molar-refractivity contribution in [1.29, 1.82) is 0 Å². The number of carbonyl (C=O) groups is 2. The molecule has 102 valence electrons. The van der Waals surface area contributed by atoms with E-state index in [4.69, 9.17) is 5.11 Å². The molecule has 1 aromatic carbocycles. The molecule has 0 saturated carbocycles. The molecule has 0 aliphatic carbocycles. The van der Waals surface area contributed by atoms with Gasteiger partial charge in [-0.3, -0.25) is 9.59 Å².